The number of ether oxygens (including phenoxy) is 6. The largest absolute Gasteiger partial charge is 0.462 e. The van der Waals surface area contributed by atoms with Crippen molar-refractivity contribution in [2.24, 2.45) is 17.3 Å². The van der Waals surface area contributed by atoms with Crippen LogP contribution >= 0.6 is 11.6 Å². The Kier molecular flexibility index (Phi) is 6.41. The van der Waals surface area contributed by atoms with Gasteiger partial charge in [0.05, 0.1) is 23.5 Å². The van der Waals surface area contributed by atoms with Crippen LogP contribution in [0.25, 0.3) is 0 Å². The van der Waals surface area contributed by atoms with Gasteiger partial charge in [0.15, 0.2) is 17.8 Å². The molecule has 1 saturated carbocycles. The molecule has 2 bridgehead atoms. The molecule has 5 rings (SSSR count). The van der Waals surface area contributed by atoms with Crippen molar-refractivity contribution in [1.82, 2.24) is 0 Å². The maximum absolute atomic E-state index is 13.1. The van der Waals surface area contributed by atoms with Gasteiger partial charge in [-0.25, -0.2) is 0 Å². The third-order valence-electron chi connectivity index (χ3n) is 9.21. The van der Waals surface area contributed by atoms with Gasteiger partial charge in [-0.15, -0.1) is 11.6 Å². The SMILES string of the molecule is C=C1[C@H](Cl)[C@@H]2OC(=O)[C@H](C)[C@]23O[C@@H]1[C@@H](OC(C)=O)[C@H](O)[C@@]1(C)[C@@H](OC(C)=O)CC[C@]2(CO2)[C@@H]1[C@@H]3OC(C)=O. The molecule has 0 aromatic carbocycles. The summed E-state index contributed by atoms with van der Waals surface area (Å²) in [7, 11) is 0. The summed E-state index contributed by atoms with van der Waals surface area (Å²) in [4.78, 5) is 50.3. The van der Waals surface area contributed by atoms with Crippen molar-refractivity contribution in [2.75, 3.05) is 6.61 Å². The average Bonchev–Trinajstić information content (AvgIpc) is 3.54. The Bertz CT molecular complexity index is 1090. The number of carbonyl (C=O) groups is 4. The molecule has 0 aromatic heterocycles. The van der Waals surface area contributed by atoms with Gasteiger partial charge in [0.2, 0.25) is 0 Å². The lowest BCUT2D eigenvalue weighted by atomic mass is 9.51. The predicted molar refractivity (Wildman–Crippen MR) is 128 cm³/mol. The molecule has 12 heteroatoms. The molecule has 4 saturated heterocycles. The highest BCUT2D eigenvalue weighted by atomic mass is 35.5. The number of epoxide rings is 1. The number of aliphatic hydroxyl groups is 1. The highest BCUT2D eigenvalue weighted by molar-refractivity contribution is 6.23. The van der Waals surface area contributed by atoms with Crippen molar-refractivity contribution < 1.29 is 52.7 Å². The zero-order chi connectivity index (χ0) is 27.9. The number of halogens is 1. The maximum Gasteiger partial charge on any atom is 0.312 e. The first-order chi connectivity index (χ1) is 17.7. The molecule has 2 spiro atoms. The van der Waals surface area contributed by atoms with E-state index in [1.165, 1.54) is 20.8 Å². The van der Waals surface area contributed by atoms with Crippen molar-refractivity contribution in [1.29, 1.82) is 0 Å². The van der Waals surface area contributed by atoms with Crippen LogP contribution in [-0.4, -0.2) is 88.8 Å². The summed E-state index contributed by atoms with van der Waals surface area (Å²) < 4.78 is 35.8. The van der Waals surface area contributed by atoms with Crippen LogP contribution in [0.4, 0.5) is 0 Å². The van der Waals surface area contributed by atoms with Crippen molar-refractivity contribution in [3.05, 3.63) is 12.2 Å². The maximum atomic E-state index is 13.1. The van der Waals surface area contributed by atoms with E-state index in [2.05, 4.69) is 6.58 Å². The van der Waals surface area contributed by atoms with E-state index in [1.54, 1.807) is 13.8 Å². The molecule has 4 aliphatic heterocycles. The summed E-state index contributed by atoms with van der Waals surface area (Å²) in [5.74, 6) is -4.40. The van der Waals surface area contributed by atoms with Gasteiger partial charge in [-0.2, -0.15) is 0 Å². The number of rotatable bonds is 3. The molecule has 1 aliphatic carbocycles. The normalized spacial score (nSPS) is 49.1. The van der Waals surface area contributed by atoms with Crippen molar-refractivity contribution in [2.45, 2.75) is 101 Å². The fourth-order valence-electron chi connectivity index (χ4n) is 7.43. The molecule has 12 atom stereocenters. The number of hydrogen-bond acceptors (Lipinski definition) is 11. The molecule has 38 heavy (non-hydrogen) atoms. The lowest BCUT2D eigenvalue weighted by molar-refractivity contribution is -0.307. The summed E-state index contributed by atoms with van der Waals surface area (Å²) in [6.07, 6.45) is -6.52. The van der Waals surface area contributed by atoms with Gasteiger partial charge in [0, 0.05) is 32.1 Å². The van der Waals surface area contributed by atoms with Gasteiger partial charge in [0.1, 0.15) is 24.4 Å². The first kappa shape index (κ1) is 27.4. The summed E-state index contributed by atoms with van der Waals surface area (Å²) in [5.41, 5.74) is -3.72. The number of carbonyl (C=O) groups excluding carboxylic acids is 4. The van der Waals surface area contributed by atoms with Crippen LogP contribution < -0.4 is 0 Å². The fraction of sp³-hybridized carbons (Fsp3) is 0.769. The van der Waals surface area contributed by atoms with Gasteiger partial charge in [0.25, 0.3) is 0 Å². The topological polar surface area (TPSA) is 147 Å². The summed E-state index contributed by atoms with van der Waals surface area (Å²) in [6, 6.07) is 0. The van der Waals surface area contributed by atoms with Crippen LogP contribution in [0.3, 0.4) is 0 Å². The Morgan fingerprint density at radius 3 is 2.26 bits per heavy atom. The molecule has 0 aromatic rings. The zero-order valence-electron chi connectivity index (χ0n) is 21.9. The number of fused-ring (bicyclic) bond motifs is 3. The Labute approximate surface area is 225 Å². The number of hydrogen-bond donors (Lipinski definition) is 1. The van der Waals surface area contributed by atoms with E-state index in [0.29, 0.717) is 12.8 Å². The first-order valence-corrected chi connectivity index (χ1v) is 13.2. The highest BCUT2D eigenvalue weighted by Crippen LogP contribution is 2.65. The summed E-state index contributed by atoms with van der Waals surface area (Å²) in [5, 5.41) is 11.1. The molecular weight excluding hydrogens is 524 g/mol. The lowest BCUT2D eigenvalue weighted by Gasteiger charge is -2.62. The van der Waals surface area contributed by atoms with E-state index >= 15 is 0 Å². The third-order valence-corrected chi connectivity index (χ3v) is 9.72. The molecule has 5 fully saturated rings. The number of alkyl halides is 1. The lowest BCUT2D eigenvalue weighted by Crippen LogP contribution is -2.77. The molecule has 1 N–H and O–H groups in total. The van der Waals surface area contributed by atoms with Gasteiger partial charge >= 0.3 is 23.9 Å². The van der Waals surface area contributed by atoms with Crippen LogP contribution in [0, 0.1) is 17.3 Å². The van der Waals surface area contributed by atoms with E-state index in [4.69, 9.17) is 40.0 Å². The van der Waals surface area contributed by atoms with E-state index in [0.717, 1.165) is 0 Å². The van der Waals surface area contributed by atoms with Crippen molar-refractivity contribution >= 4 is 35.5 Å². The molecule has 210 valence electrons. The molecule has 11 nitrogen and oxygen atoms in total. The fourth-order valence-corrected chi connectivity index (χ4v) is 7.81. The minimum Gasteiger partial charge on any atom is -0.462 e. The van der Waals surface area contributed by atoms with Gasteiger partial charge < -0.3 is 33.5 Å². The second-order valence-corrected chi connectivity index (χ2v) is 11.8. The first-order valence-electron chi connectivity index (χ1n) is 12.8. The minimum atomic E-state index is -1.65. The molecule has 4 heterocycles. The van der Waals surface area contributed by atoms with Gasteiger partial charge in [-0.3, -0.25) is 19.2 Å². The standard InChI is InChI=1S/C26H33ClO11/c1-10-16(27)21-26(11(2)23(32)37-21)22(36-14(5)30)19-24(6,20(31)18(17(10)38-26)35-13(4)29)15(34-12(3)28)7-8-25(19)9-33-25/h11,15-22,31H,1,7-9H2,2-6H3/t11-,15-,16-,17-,18+,19+,20-,21-,22-,24-,25-,26-/m0/s1. The van der Waals surface area contributed by atoms with E-state index in [-0.39, 0.29) is 12.2 Å². The highest BCUT2D eigenvalue weighted by Gasteiger charge is 2.79. The molecule has 0 radical (unpaired) electrons. The smallest absolute Gasteiger partial charge is 0.312 e. The van der Waals surface area contributed by atoms with Gasteiger partial charge in [-0.1, -0.05) is 13.5 Å². The summed E-state index contributed by atoms with van der Waals surface area (Å²) >= 11 is 6.85. The molecule has 5 aliphatic rings. The molecular formula is C26H33ClO11. The summed E-state index contributed by atoms with van der Waals surface area (Å²) in [6.45, 7) is 11.3. The molecule has 0 unspecified atom stereocenters. The molecule has 0 amide bonds. The minimum absolute atomic E-state index is 0.223. The van der Waals surface area contributed by atoms with Crippen LogP contribution in [0.15, 0.2) is 12.2 Å². The van der Waals surface area contributed by atoms with E-state index in [1.807, 2.05) is 0 Å². The van der Waals surface area contributed by atoms with Crippen LogP contribution in [0.1, 0.15) is 47.5 Å². The van der Waals surface area contributed by atoms with Crippen molar-refractivity contribution in [3.63, 3.8) is 0 Å². The van der Waals surface area contributed by atoms with Crippen LogP contribution in [-0.2, 0) is 47.6 Å². The average molecular weight is 557 g/mol. The third kappa shape index (κ3) is 3.65. The Morgan fingerprint density at radius 2 is 1.71 bits per heavy atom. The quantitative estimate of drug-likeness (QED) is 0.176. The van der Waals surface area contributed by atoms with Crippen LogP contribution in [0.5, 0.6) is 0 Å². The monoisotopic (exact) mass is 556 g/mol. The Morgan fingerprint density at radius 1 is 1.11 bits per heavy atom. The Balaban J connectivity index is 1.81. The van der Waals surface area contributed by atoms with Crippen LogP contribution in [0.2, 0.25) is 0 Å². The van der Waals surface area contributed by atoms with Gasteiger partial charge in [-0.05, 0) is 25.3 Å². The Hall–Kier alpha value is -2.21. The second kappa shape index (κ2) is 8.90. The number of esters is 4. The predicted octanol–water partition coefficient (Wildman–Crippen LogP) is 1.20. The zero-order valence-corrected chi connectivity index (χ0v) is 22.7. The van der Waals surface area contributed by atoms with Crippen molar-refractivity contribution in [3.8, 4) is 0 Å². The second-order valence-electron chi connectivity index (χ2n) is 11.3. The van der Waals surface area contributed by atoms with E-state index in [9.17, 15) is 24.3 Å². The number of aliphatic hydroxyl groups excluding tert-OH is 1. The van der Waals surface area contributed by atoms with E-state index < -0.39 is 94.3 Å².